The number of hydrogen-bond donors (Lipinski definition) is 2. The summed E-state index contributed by atoms with van der Waals surface area (Å²) >= 11 is 0. The summed E-state index contributed by atoms with van der Waals surface area (Å²) in [6.07, 6.45) is 0.916. The molecule has 2 aliphatic heterocycles. The zero-order valence-corrected chi connectivity index (χ0v) is 23.9. The van der Waals surface area contributed by atoms with Crippen molar-refractivity contribution in [2.75, 3.05) is 48.9 Å². The van der Waals surface area contributed by atoms with Gasteiger partial charge in [-0.25, -0.2) is 4.79 Å². The van der Waals surface area contributed by atoms with Crippen LogP contribution in [0.4, 0.5) is 21.9 Å². The average molecular weight is 571 g/mol. The van der Waals surface area contributed by atoms with Crippen LogP contribution in [0.5, 0.6) is 5.75 Å². The fraction of sp³-hybridized carbons (Fsp3) is 0.312. The molecule has 2 unspecified atom stereocenters. The lowest BCUT2D eigenvalue weighted by atomic mass is 9.89. The van der Waals surface area contributed by atoms with Crippen molar-refractivity contribution in [1.29, 1.82) is 0 Å². The number of rotatable bonds is 7. The molecule has 0 radical (unpaired) electrons. The number of nitrogens with one attached hydrogen (secondary N) is 1. The molecule has 10 heteroatoms. The Labute approximate surface area is 244 Å². The largest absolute Gasteiger partial charge is 0.495 e. The van der Waals surface area contributed by atoms with E-state index in [1.807, 2.05) is 36.4 Å². The van der Waals surface area contributed by atoms with E-state index in [9.17, 15) is 24.3 Å². The molecular formula is C32H34N4O6. The summed E-state index contributed by atoms with van der Waals surface area (Å²) < 4.78 is 5.53. The fourth-order valence-corrected chi connectivity index (χ4v) is 5.71. The van der Waals surface area contributed by atoms with Gasteiger partial charge >= 0.3 is 12.0 Å². The molecule has 0 aliphatic carbocycles. The van der Waals surface area contributed by atoms with Crippen LogP contribution in [0.1, 0.15) is 29.5 Å². The molecular weight excluding hydrogens is 536 g/mol. The highest BCUT2D eigenvalue weighted by Crippen LogP contribution is 2.34. The van der Waals surface area contributed by atoms with E-state index >= 15 is 0 Å². The van der Waals surface area contributed by atoms with E-state index in [0.29, 0.717) is 30.2 Å². The third-order valence-corrected chi connectivity index (χ3v) is 8.16. The summed E-state index contributed by atoms with van der Waals surface area (Å²) in [4.78, 5) is 54.6. The van der Waals surface area contributed by atoms with Crippen LogP contribution in [0.3, 0.4) is 0 Å². The summed E-state index contributed by atoms with van der Waals surface area (Å²) in [6, 6.07) is 20.1. The number of benzene rings is 3. The zero-order valence-electron chi connectivity index (χ0n) is 23.9. The molecule has 2 N–H and O–H groups in total. The number of hydrogen-bond acceptors (Lipinski definition) is 5. The van der Waals surface area contributed by atoms with Crippen LogP contribution in [0.25, 0.3) is 0 Å². The summed E-state index contributed by atoms with van der Waals surface area (Å²) in [7, 11) is 3.20. The van der Waals surface area contributed by atoms with Crippen molar-refractivity contribution < 1.29 is 29.0 Å². The summed E-state index contributed by atoms with van der Waals surface area (Å²) in [6.45, 7) is 2.58. The van der Waals surface area contributed by atoms with Gasteiger partial charge in [0.15, 0.2) is 0 Å². The van der Waals surface area contributed by atoms with Gasteiger partial charge in [-0.15, -0.1) is 0 Å². The number of carbonyl (C=O) groups excluding carboxylic acids is 3. The maximum Gasteiger partial charge on any atom is 0.326 e. The SMILES string of the molecule is COc1cc(CC(=O)N(C)c2ccc(C3CN(C(C)=O)CC3C(=O)O)cc2)ccc1NC(=O)N1CCc2ccccc21. The highest BCUT2D eigenvalue weighted by atomic mass is 16.5. The van der Waals surface area contributed by atoms with Crippen LogP contribution in [-0.2, 0) is 27.2 Å². The Morgan fingerprint density at radius 2 is 1.76 bits per heavy atom. The number of anilines is 3. The standard InChI is InChI=1S/C32H34N4O6/c1-20(37)35-18-25(26(19-35)31(39)40)22-9-11-24(12-10-22)34(2)30(38)17-21-8-13-27(29(16-21)42-3)33-32(41)36-15-14-23-6-4-5-7-28(23)36/h4-13,16,25-26H,14-15,17-19H2,1-3H3,(H,33,41)(H,39,40). The molecule has 2 aliphatic rings. The molecule has 2 atom stereocenters. The van der Waals surface area contributed by atoms with Crippen molar-refractivity contribution in [3.8, 4) is 5.75 Å². The van der Waals surface area contributed by atoms with Gasteiger partial charge in [0.05, 0.1) is 25.1 Å². The van der Waals surface area contributed by atoms with E-state index in [1.54, 1.807) is 52.1 Å². The first-order valence-electron chi connectivity index (χ1n) is 13.8. The van der Waals surface area contributed by atoms with E-state index in [1.165, 1.54) is 14.0 Å². The first kappa shape index (κ1) is 28.7. The van der Waals surface area contributed by atoms with Crippen molar-refractivity contribution in [3.63, 3.8) is 0 Å². The van der Waals surface area contributed by atoms with Crippen LogP contribution in [0.15, 0.2) is 66.7 Å². The van der Waals surface area contributed by atoms with Crippen molar-refractivity contribution in [1.82, 2.24) is 4.90 Å². The molecule has 3 aromatic rings. The van der Waals surface area contributed by atoms with Crippen LogP contribution in [0.2, 0.25) is 0 Å². The number of nitrogens with zero attached hydrogens (tertiary/aromatic N) is 3. The van der Waals surface area contributed by atoms with Crippen molar-refractivity contribution in [3.05, 3.63) is 83.4 Å². The third-order valence-electron chi connectivity index (χ3n) is 8.16. The number of aliphatic carboxylic acids is 1. The topological polar surface area (TPSA) is 119 Å². The predicted molar refractivity (Wildman–Crippen MR) is 159 cm³/mol. The highest BCUT2D eigenvalue weighted by molar-refractivity contribution is 6.04. The Kier molecular flexibility index (Phi) is 8.15. The molecule has 1 fully saturated rings. The molecule has 0 saturated carbocycles. The minimum atomic E-state index is -0.928. The second kappa shape index (κ2) is 11.9. The maximum atomic E-state index is 13.2. The van der Waals surface area contributed by atoms with Gasteiger partial charge in [-0.1, -0.05) is 36.4 Å². The van der Waals surface area contributed by atoms with Gasteiger partial charge < -0.3 is 25.0 Å². The number of carboxylic acid groups (broad SMARTS) is 1. The third kappa shape index (κ3) is 5.79. The first-order valence-corrected chi connectivity index (χ1v) is 13.8. The van der Waals surface area contributed by atoms with Crippen LogP contribution in [-0.4, -0.2) is 67.6 Å². The minimum absolute atomic E-state index is 0.111. The molecule has 218 valence electrons. The zero-order chi connectivity index (χ0) is 30.0. The van der Waals surface area contributed by atoms with E-state index in [0.717, 1.165) is 28.8 Å². The number of urea groups is 1. The lowest BCUT2D eigenvalue weighted by Crippen LogP contribution is -2.33. The molecule has 0 spiro atoms. The smallest absolute Gasteiger partial charge is 0.326 e. The second-order valence-corrected chi connectivity index (χ2v) is 10.7. The Bertz CT molecular complexity index is 1520. The Morgan fingerprint density at radius 1 is 1.02 bits per heavy atom. The Balaban J connectivity index is 1.23. The molecule has 0 bridgehead atoms. The quantitative estimate of drug-likeness (QED) is 0.441. The monoisotopic (exact) mass is 570 g/mol. The lowest BCUT2D eigenvalue weighted by Gasteiger charge is -2.21. The van der Waals surface area contributed by atoms with Crippen LogP contribution < -0.4 is 19.9 Å². The van der Waals surface area contributed by atoms with Crippen molar-refractivity contribution >= 4 is 40.9 Å². The van der Waals surface area contributed by atoms with Gasteiger partial charge in [0.2, 0.25) is 11.8 Å². The number of methoxy groups -OCH3 is 1. The minimum Gasteiger partial charge on any atom is -0.495 e. The average Bonchev–Trinajstić information content (AvgIpc) is 3.63. The Hall–Kier alpha value is -4.86. The van der Waals surface area contributed by atoms with Crippen LogP contribution in [0, 0.1) is 5.92 Å². The number of amides is 4. The fourth-order valence-electron chi connectivity index (χ4n) is 5.71. The first-order chi connectivity index (χ1) is 20.2. The number of likely N-dealkylation sites (N-methyl/N-ethyl adjacent to an activating group) is 1. The van der Waals surface area contributed by atoms with E-state index < -0.39 is 11.9 Å². The second-order valence-electron chi connectivity index (χ2n) is 10.7. The summed E-state index contributed by atoms with van der Waals surface area (Å²) in [5.74, 6) is -1.75. The van der Waals surface area contributed by atoms with Crippen LogP contribution >= 0.6 is 0 Å². The molecule has 0 aromatic heterocycles. The number of likely N-dealkylation sites (tertiary alicyclic amines) is 1. The highest BCUT2D eigenvalue weighted by Gasteiger charge is 2.39. The number of para-hydroxylation sites is 1. The van der Waals surface area contributed by atoms with E-state index in [-0.39, 0.29) is 36.7 Å². The number of carboxylic acids is 1. The molecule has 10 nitrogen and oxygen atoms in total. The van der Waals surface area contributed by atoms with Gasteiger partial charge in [0, 0.05) is 50.9 Å². The summed E-state index contributed by atoms with van der Waals surface area (Å²) in [5, 5.41) is 12.6. The van der Waals surface area contributed by atoms with Gasteiger partial charge in [-0.3, -0.25) is 19.3 Å². The molecule has 2 heterocycles. The Morgan fingerprint density at radius 3 is 2.45 bits per heavy atom. The number of carbonyl (C=O) groups is 4. The van der Waals surface area contributed by atoms with Gasteiger partial charge in [-0.2, -0.15) is 0 Å². The number of ether oxygens (including phenoxy) is 1. The molecule has 3 aromatic carbocycles. The molecule has 1 saturated heterocycles. The molecule has 4 amide bonds. The lowest BCUT2D eigenvalue weighted by molar-refractivity contribution is -0.141. The summed E-state index contributed by atoms with van der Waals surface area (Å²) in [5.41, 5.74) is 4.76. The van der Waals surface area contributed by atoms with Crippen molar-refractivity contribution in [2.45, 2.75) is 25.7 Å². The number of fused-ring (bicyclic) bond motifs is 1. The van der Waals surface area contributed by atoms with Gasteiger partial charge in [0.1, 0.15) is 5.75 Å². The van der Waals surface area contributed by atoms with Gasteiger partial charge in [-0.05, 0) is 53.4 Å². The molecule has 5 rings (SSSR count). The normalized spacial score (nSPS) is 17.5. The van der Waals surface area contributed by atoms with E-state index in [4.69, 9.17) is 4.74 Å². The maximum absolute atomic E-state index is 13.2. The molecule has 42 heavy (non-hydrogen) atoms. The van der Waals surface area contributed by atoms with Gasteiger partial charge in [0.25, 0.3) is 0 Å². The van der Waals surface area contributed by atoms with Crippen molar-refractivity contribution in [2.24, 2.45) is 5.92 Å². The van der Waals surface area contributed by atoms with E-state index in [2.05, 4.69) is 5.32 Å². The predicted octanol–water partition coefficient (Wildman–Crippen LogP) is 4.14.